The van der Waals surface area contributed by atoms with E-state index in [2.05, 4.69) is 15.5 Å². The van der Waals surface area contributed by atoms with Crippen LogP contribution in [0.5, 0.6) is 0 Å². The topological polar surface area (TPSA) is 60.7 Å². The van der Waals surface area contributed by atoms with Gasteiger partial charge in [0.25, 0.3) is 0 Å². The van der Waals surface area contributed by atoms with Gasteiger partial charge in [0.15, 0.2) is 0 Å². The molecule has 0 aliphatic rings. The first-order valence-electron chi connectivity index (χ1n) is 4.17. The Morgan fingerprint density at radius 1 is 1.50 bits per heavy atom. The number of hydrogen-bond donors (Lipinski definition) is 0. The third-order valence-corrected chi connectivity index (χ3v) is 2.92. The summed E-state index contributed by atoms with van der Waals surface area (Å²) >= 11 is 5.55. The molecular weight excluding hydrogens is 255 g/mol. The first kappa shape index (κ1) is 11.2. The summed E-state index contributed by atoms with van der Waals surface area (Å²) in [6.45, 7) is 0. The molecule has 1 aromatic heterocycles. The molecule has 1 atom stereocenters. The van der Waals surface area contributed by atoms with Crippen LogP contribution in [0.4, 0.5) is 4.39 Å². The zero-order valence-corrected chi connectivity index (χ0v) is 9.67. The summed E-state index contributed by atoms with van der Waals surface area (Å²) < 4.78 is 25.7. The zero-order chi connectivity index (χ0) is 11.7. The maximum atomic E-state index is 13.2. The molecule has 2 rings (SSSR count). The maximum absolute atomic E-state index is 13.2. The Morgan fingerprint density at radius 2 is 2.25 bits per heavy atom. The summed E-state index contributed by atoms with van der Waals surface area (Å²) in [5, 5.41) is 10.8. The Hall–Kier alpha value is -1.34. The minimum atomic E-state index is -1.35. The van der Waals surface area contributed by atoms with E-state index in [1.807, 2.05) is 0 Å². The molecule has 0 aliphatic heterocycles. The lowest BCUT2D eigenvalue weighted by Gasteiger charge is -2.02. The van der Waals surface area contributed by atoms with Gasteiger partial charge in [-0.05, 0) is 22.6 Å². The van der Waals surface area contributed by atoms with E-state index in [0.717, 1.165) is 0 Å². The summed E-state index contributed by atoms with van der Waals surface area (Å²) in [4.78, 5) is 0. The van der Waals surface area contributed by atoms with Crippen LogP contribution in [0.25, 0.3) is 5.69 Å². The third kappa shape index (κ3) is 1.96. The van der Waals surface area contributed by atoms with Crippen molar-refractivity contribution in [2.75, 3.05) is 6.26 Å². The molecular formula is C8H6ClFN4OS. The molecule has 0 radical (unpaired) electrons. The van der Waals surface area contributed by atoms with Crippen LogP contribution < -0.4 is 0 Å². The average molecular weight is 261 g/mol. The van der Waals surface area contributed by atoms with Gasteiger partial charge in [0.1, 0.15) is 5.82 Å². The van der Waals surface area contributed by atoms with Crippen molar-refractivity contribution in [3.05, 3.63) is 29.0 Å². The monoisotopic (exact) mass is 260 g/mol. The molecule has 1 heterocycles. The quantitative estimate of drug-likeness (QED) is 0.814. The second-order valence-corrected chi connectivity index (χ2v) is 4.61. The molecule has 1 unspecified atom stereocenters. The predicted octanol–water partition coefficient (Wildman–Crippen LogP) is 1.19. The maximum Gasteiger partial charge on any atom is 0.244 e. The number of benzene rings is 1. The number of tetrazole rings is 1. The molecule has 0 saturated heterocycles. The van der Waals surface area contributed by atoms with E-state index in [4.69, 9.17) is 11.6 Å². The summed E-state index contributed by atoms with van der Waals surface area (Å²) in [5.74, 6) is -0.581. The van der Waals surface area contributed by atoms with Crippen molar-refractivity contribution in [3.8, 4) is 5.69 Å². The number of halogens is 2. The molecule has 0 bridgehead atoms. The Balaban J connectivity index is 2.54. The molecule has 0 spiro atoms. The summed E-state index contributed by atoms with van der Waals surface area (Å²) in [7, 11) is -1.35. The van der Waals surface area contributed by atoms with Crippen LogP contribution in [0.2, 0.25) is 5.02 Å². The van der Waals surface area contributed by atoms with Crippen molar-refractivity contribution in [2.45, 2.75) is 5.16 Å². The highest BCUT2D eigenvalue weighted by Crippen LogP contribution is 2.18. The number of nitrogens with zero attached hydrogens (tertiary/aromatic N) is 4. The molecule has 0 fully saturated rings. The van der Waals surface area contributed by atoms with Gasteiger partial charge in [-0.25, -0.2) is 4.39 Å². The first-order chi connectivity index (χ1) is 7.59. The molecule has 0 aliphatic carbocycles. The minimum absolute atomic E-state index is 0.0102. The Kier molecular flexibility index (Phi) is 2.97. The van der Waals surface area contributed by atoms with Crippen LogP contribution in [0.1, 0.15) is 0 Å². The average Bonchev–Trinajstić information content (AvgIpc) is 2.71. The highest BCUT2D eigenvalue weighted by molar-refractivity contribution is 7.84. The highest BCUT2D eigenvalue weighted by atomic mass is 35.5. The molecule has 0 N–H and O–H groups in total. The van der Waals surface area contributed by atoms with Crippen LogP contribution in [0.3, 0.4) is 0 Å². The second-order valence-electron chi connectivity index (χ2n) is 2.93. The van der Waals surface area contributed by atoms with E-state index in [-0.39, 0.29) is 10.2 Å². The lowest BCUT2D eigenvalue weighted by atomic mass is 10.3. The number of aromatic nitrogens is 4. The molecule has 0 saturated carbocycles. The van der Waals surface area contributed by atoms with Gasteiger partial charge in [-0.1, -0.05) is 16.7 Å². The zero-order valence-electron chi connectivity index (χ0n) is 8.09. The van der Waals surface area contributed by atoms with Crippen molar-refractivity contribution in [3.63, 3.8) is 0 Å². The highest BCUT2D eigenvalue weighted by Gasteiger charge is 2.12. The van der Waals surface area contributed by atoms with Crippen molar-refractivity contribution >= 4 is 22.4 Å². The standard InChI is InChI=1S/C8H6ClFN4OS/c1-16(15)8-11-12-13-14(8)5-2-3-6(9)7(10)4-5/h2-4H,1H3. The first-order valence-corrected chi connectivity index (χ1v) is 6.10. The van der Waals surface area contributed by atoms with Crippen molar-refractivity contribution in [2.24, 2.45) is 0 Å². The van der Waals surface area contributed by atoms with Gasteiger partial charge in [-0.15, -0.1) is 0 Å². The summed E-state index contributed by atoms with van der Waals surface area (Å²) in [5.41, 5.74) is 0.372. The van der Waals surface area contributed by atoms with E-state index in [0.29, 0.717) is 5.69 Å². The summed E-state index contributed by atoms with van der Waals surface area (Å²) in [6.07, 6.45) is 1.44. The van der Waals surface area contributed by atoms with E-state index in [1.54, 1.807) is 0 Å². The molecule has 16 heavy (non-hydrogen) atoms. The molecule has 84 valence electrons. The number of hydrogen-bond acceptors (Lipinski definition) is 4. The van der Waals surface area contributed by atoms with E-state index >= 15 is 0 Å². The molecule has 2 aromatic rings. The van der Waals surface area contributed by atoms with Crippen molar-refractivity contribution in [1.82, 2.24) is 20.2 Å². The molecule has 1 aromatic carbocycles. The van der Waals surface area contributed by atoms with Crippen LogP contribution >= 0.6 is 11.6 Å². The van der Waals surface area contributed by atoms with E-state index in [9.17, 15) is 8.60 Å². The smallest absolute Gasteiger partial charge is 0.244 e. The summed E-state index contributed by atoms with van der Waals surface area (Å²) in [6, 6.07) is 4.10. The lowest BCUT2D eigenvalue weighted by Crippen LogP contribution is -2.04. The Labute approximate surface area is 97.7 Å². The fraction of sp³-hybridized carbons (Fsp3) is 0.125. The van der Waals surface area contributed by atoms with Gasteiger partial charge in [-0.3, -0.25) is 4.21 Å². The minimum Gasteiger partial charge on any atom is -0.251 e. The van der Waals surface area contributed by atoms with E-state index < -0.39 is 16.6 Å². The molecule has 5 nitrogen and oxygen atoms in total. The van der Waals surface area contributed by atoms with Crippen LogP contribution in [0, 0.1) is 5.82 Å². The SMILES string of the molecule is CS(=O)c1nnnn1-c1ccc(Cl)c(F)c1. The Bertz CT molecular complexity index is 559. The fourth-order valence-electron chi connectivity index (χ4n) is 1.14. The largest absolute Gasteiger partial charge is 0.251 e. The van der Waals surface area contributed by atoms with Gasteiger partial charge < -0.3 is 0 Å². The predicted molar refractivity (Wildman–Crippen MR) is 56.5 cm³/mol. The van der Waals surface area contributed by atoms with Crippen molar-refractivity contribution in [1.29, 1.82) is 0 Å². The molecule has 8 heteroatoms. The van der Waals surface area contributed by atoms with Crippen LogP contribution in [-0.2, 0) is 10.8 Å². The van der Waals surface area contributed by atoms with Gasteiger partial charge in [-0.2, -0.15) is 4.68 Å². The van der Waals surface area contributed by atoms with Crippen molar-refractivity contribution < 1.29 is 8.60 Å². The Morgan fingerprint density at radius 3 is 2.88 bits per heavy atom. The van der Waals surface area contributed by atoms with Gasteiger partial charge in [0.2, 0.25) is 5.16 Å². The van der Waals surface area contributed by atoms with E-state index in [1.165, 1.54) is 29.1 Å². The van der Waals surface area contributed by atoms with Gasteiger partial charge in [0, 0.05) is 12.3 Å². The normalized spacial score (nSPS) is 12.7. The van der Waals surface area contributed by atoms with Crippen LogP contribution in [0.15, 0.2) is 23.4 Å². The second kappa shape index (κ2) is 4.26. The van der Waals surface area contributed by atoms with Crippen LogP contribution in [-0.4, -0.2) is 30.7 Å². The fourth-order valence-corrected chi connectivity index (χ4v) is 1.79. The lowest BCUT2D eigenvalue weighted by molar-refractivity contribution is 0.622. The third-order valence-electron chi connectivity index (χ3n) is 1.85. The van der Waals surface area contributed by atoms with Gasteiger partial charge >= 0.3 is 0 Å². The number of rotatable bonds is 2. The van der Waals surface area contributed by atoms with Gasteiger partial charge in [0.05, 0.1) is 21.5 Å². The molecule has 0 amide bonds.